The molecule has 1 atom stereocenters. The van der Waals surface area contributed by atoms with Crippen LogP contribution < -0.4 is 10.6 Å². The summed E-state index contributed by atoms with van der Waals surface area (Å²) in [4.78, 5) is 34.0. The van der Waals surface area contributed by atoms with Crippen LogP contribution in [0.4, 0.5) is 0 Å². The van der Waals surface area contributed by atoms with Gasteiger partial charge < -0.3 is 15.7 Å². The summed E-state index contributed by atoms with van der Waals surface area (Å²) in [7, 11) is 0. The minimum atomic E-state index is -1.07. The molecule has 110 valence electrons. The van der Waals surface area contributed by atoms with Gasteiger partial charge in [0, 0.05) is 5.41 Å². The lowest BCUT2D eigenvalue weighted by Gasteiger charge is -2.18. The monoisotopic (exact) mass is 290 g/mol. The fourth-order valence-corrected chi connectivity index (χ4v) is 1.64. The highest BCUT2D eigenvalue weighted by Crippen LogP contribution is 2.11. The summed E-state index contributed by atoms with van der Waals surface area (Å²) in [6.07, 6.45) is 2.22. The van der Waals surface area contributed by atoms with Crippen LogP contribution in [-0.2, 0) is 14.4 Å². The van der Waals surface area contributed by atoms with E-state index in [1.807, 2.05) is 6.26 Å². The molecule has 6 nitrogen and oxygen atoms in total. The number of carboxylic acid groups (broad SMARTS) is 1. The van der Waals surface area contributed by atoms with Crippen molar-refractivity contribution in [3.63, 3.8) is 0 Å². The van der Waals surface area contributed by atoms with Gasteiger partial charge in [-0.3, -0.25) is 9.59 Å². The second-order valence-electron chi connectivity index (χ2n) is 5.17. The van der Waals surface area contributed by atoms with E-state index in [9.17, 15) is 14.4 Å². The lowest BCUT2D eigenvalue weighted by atomic mass is 9.96. The highest BCUT2D eigenvalue weighted by Gasteiger charge is 2.23. The Labute approximate surface area is 117 Å². The van der Waals surface area contributed by atoms with Gasteiger partial charge in [-0.25, -0.2) is 4.79 Å². The van der Waals surface area contributed by atoms with Gasteiger partial charge in [0.05, 0.1) is 6.54 Å². The number of thioether (sulfide) groups is 1. The number of carboxylic acids is 1. The second-order valence-corrected chi connectivity index (χ2v) is 6.16. The largest absolute Gasteiger partial charge is 0.480 e. The zero-order chi connectivity index (χ0) is 15.1. The average Bonchev–Trinajstić information content (AvgIpc) is 2.29. The summed E-state index contributed by atoms with van der Waals surface area (Å²) in [6, 6.07) is -0.911. The maximum atomic E-state index is 11.6. The Morgan fingerprint density at radius 1 is 1.26 bits per heavy atom. The van der Waals surface area contributed by atoms with Crippen LogP contribution in [0.5, 0.6) is 0 Å². The number of hydrogen-bond acceptors (Lipinski definition) is 4. The number of amides is 2. The first kappa shape index (κ1) is 17.8. The zero-order valence-electron chi connectivity index (χ0n) is 11.8. The molecule has 0 saturated heterocycles. The molecule has 7 heteroatoms. The van der Waals surface area contributed by atoms with Crippen molar-refractivity contribution >= 4 is 29.5 Å². The maximum Gasteiger partial charge on any atom is 0.326 e. The summed E-state index contributed by atoms with van der Waals surface area (Å²) >= 11 is 1.51. The van der Waals surface area contributed by atoms with Crippen molar-refractivity contribution in [2.45, 2.75) is 33.2 Å². The normalized spacial score (nSPS) is 12.6. The Bertz CT molecular complexity index is 339. The minimum Gasteiger partial charge on any atom is -0.480 e. The summed E-state index contributed by atoms with van der Waals surface area (Å²) in [5.41, 5.74) is -0.578. The molecule has 0 rings (SSSR count). The number of nitrogens with one attached hydrogen (secondary N) is 2. The molecule has 0 aliphatic rings. The molecule has 0 saturated carbocycles. The predicted octanol–water partition coefficient (Wildman–Crippen LogP) is 0.471. The molecule has 0 aromatic heterocycles. The van der Waals surface area contributed by atoms with E-state index in [1.54, 1.807) is 20.8 Å². The molecule has 0 aliphatic carbocycles. The van der Waals surface area contributed by atoms with Gasteiger partial charge in [0.15, 0.2) is 0 Å². The van der Waals surface area contributed by atoms with Gasteiger partial charge in [0.1, 0.15) is 6.04 Å². The molecule has 0 bridgehead atoms. The number of rotatable bonds is 7. The number of hydrogen-bond donors (Lipinski definition) is 3. The highest BCUT2D eigenvalue weighted by molar-refractivity contribution is 7.98. The van der Waals surface area contributed by atoms with Crippen LogP contribution in [0.2, 0.25) is 0 Å². The van der Waals surface area contributed by atoms with Crippen LogP contribution >= 0.6 is 11.8 Å². The first-order chi connectivity index (χ1) is 8.68. The summed E-state index contributed by atoms with van der Waals surface area (Å²) < 4.78 is 0. The van der Waals surface area contributed by atoms with Crippen molar-refractivity contribution in [1.82, 2.24) is 10.6 Å². The molecule has 3 N–H and O–H groups in total. The van der Waals surface area contributed by atoms with Crippen LogP contribution in [0.25, 0.3) is 0 Å². The number of aliphatic carboxylic acids is 1. The molecule has 0 aliphatic heterocycles. The maximum absolute atomic E-state index is 11.6. The van der Waals surface area contributed by atoms with Crippen LogP contribution in [-0.4, -0.2) is 47.5 Å². The summed E-state index contributed by atoms with van der Waals surface area (Å²) in [5.74, 6) is -1.17. The van der Waals surface area contributed by atoms with Gasteiger partial charge in [0.25, 0.3) is 0 Å². The van der Waals surface area contributed by atoms with E-state index in [1.165, 1.54) is 11.8 Å². The third-order valence-electron chi connectivity index (χ3n) is 2.33. The lowest BCUT2D eigenvalue weighted by molar-refractivity contribution is -0.141. The Morgan fingerprint density at radius 2 is 1.84 bits per heavy atom. The Balaban J connectivity index is 4.21. The number of carbonyl (C=O) groups excluding carboxylic acids is 2. The van der Waals surface area contributed by atoms with Crippen molar-refractivity contribution in [3.05, 3.63) is 0 Å². The Kier molecular flexibility index (Phi) is 7.51. The lowest BCUT2D eigenvalue weighted by Crippen LogP contribution is -2.47. The van der Waals surface area contributed by atoms with Crippen molar-refractivity contribution in [1.29, 1.82) is 0 Å². The van der Waals surface area contributed by atoms with Gasteiger partial charge >= 0.3 is 5.97 Å². The first-order valence-corrected chi connectivity index (χ1v) is 7.37. The van der Waals surface area contributed by atoms with E-state index in [0.29, 0.717) is 12.2 Å². The molecular formula is C12H22N2O4S. The fraction of sp³-hybridized carbons (Fsp3) is 0.750. The smallest absolute Gasteiger partial charge is 0.326 e. The van der Waals surface area contributed by atoms with E-state index in [0.717, 1.165) is 0 Å². The third-order valence-corrected chi connectivity index (χ3v) is 2.98. The minimum absolute atomic E-state index is 0.209. The van der Waals surface area contributed by atoms with Crippen molar-refractivity contribution < 1.29 is 19.5 Å². The first-order valence-electron chi connectivity index (χ1n) is 5.98. The molecule has 2 amide bonds. The van der Waals surface area contributed by atoms with Gasteiger partial charge in [0.2, 0.25) is 11.8 Å². The SMILES string of the molecule is CSCCC(NC(=O)CNC(=O)C(C)(C)C)C(=O)O. The van der Waals surface area contributed by atoms with Crippen LogP contribution in [0.3, 0.4) is 0 Å². The molecule has 0 spiro atoms. The quantitative estimate of drug-likeness (QED) is 0.633. The third kappa shape index (κ3) is 7.71. The molecular weight excluding hydrogens is 268 g/mol. The van der Waals surface area contributed by atoms with Crippen LogP contribution in [0, 0.1) is 5.41 Å². The van der Waals surface area contributed by atoms with Crippen molar-refractivity contribution in [3.8, 4) is 0 Å². The van der Waals surface area contributed by atoms with Gasteiger partial charge in [-0.1, -0.05) is 20.8 Å². The van der Waals surface area contributed by atoms with Gasteiger partial charge in [-0.2, -0.15) is 11.8 Å². The average molecular weight is 290 g/mol. The highest BCUT2D eigenvalue weighted by atomic mass is 32.2. The molecule has 0 fully saturated rings. The molecule has 19 heavy (non-hydrogen) atoms. The molecule has 0 radical (unpaired) electrons. The van der Waals surface area contributed by atoms with Crippen LogP contribution in [0.15, 0.2) is 0 Å². The van der Waals surface area contributed by atoms with E-state index >= 15 is 0 Å². The van der Waals surface area contributed by atoms with E-state index in [4.69, 9.17) is 5.11 Å². The summed E-state index contributed by atoms with van der Waals surface area (Å²) in [5, 5.41) is 13.8. The van der Waals surface area contributed by atoms with Gasteiger partial charge in [-0.05, 0) is 18.4 Å². The predicted molar refractivity (Wildman–Crippen MR) is 75.0 cm³/mol. The molecule has 0 aromatic rings. The number of carbonyl (C=O) groups is 3. The topological polar surface area (TPSA) is 95.5 Å². The Hall–Kier alpha value is -1.24. The summed E-state index contributed by atoms with van der Waals surface area (Å²) in [6.45, 7) is 5.00. The van der Waals surface area contributed by atoms with Crippen molar-refractivity contribution in [2.24, 2.45) is 5.41 Å². The fourth-order valence-electron chi connectivity index (χ4n) is 1.16. The van der Waals surface area contributed by atoms with Crippen molar-refractivity contribution in [2.75, 3.05) is 18.6 Å². The Morgan fingerprint density at radius 3 is 2.26 bits per heavy atom. The van der Waals surface area contributed by atoms with E-state index in [2.05, 4.69) is 10.6 Å². The molecule has 1 unspecified atom stereocenters. The second kappa shape index (κ2) is 8.04. The zero-order valence-corrected chi connectivity index (χ0v) is 12.6. The molecule has 0 heterocycles. The van der Waals surface area contributed by atoms with Crippen LogP contribution in [0.1, 0.15) is 27.2 Å². The van der Waals surface area contributed by atoms with E-state index in [-0.39, 0.29) is 12.5 Å². The van der Waals surface area contributed by atoms with E-state index < -0.39 is 23.3 Å². The molecule has 0 aromatic carbocycles. The van der Waals surface area contributed by atoms with Gasteiger partial charge in [-0.15, -0.1) is 0 Å². The standard InChI is InChI=1S/C12H22N2O4S/c1-12(2,3)11(18)13-7-9(15)14-8(10(16)17)5-6-19-4/h8H,5-7H2,1-4H3,(H,13,18)(H,14,15)(H,16,17).